The normalized spacial score (nSPS) is 19.0. The monoisotopic (exact) mass is 311 g/mol. The highest BCUT2D eigenvalue weighted by Gasteiger charge is 2.22. The zero-order valence-electron chi connectivity index (χ0n) is 13.1. The molecule has 0 saturated carbocycles. The van der Waals surface area contributed by atoms with E-state index in [9.17, 15) is 0 Å². The lowest BCUT2D eigenvalue weighted by Crippen LogP contribution is -2.37. The Balaban J connectivity index is 1.99. The van der Waals surface area contributed by atoms with Gasteiger partial charge in [0.2, 0.25) is 0 Å². The van der Waals surface area contributed by atoms with Gasteiger partial charge in [0.1, 0.15) is 5.82 Å². The highest BCUT2D eigenvalue weighted by molar-refractivity contribution is 6.33. The first kappa shape index (κ1) is 16.5. The third-order valence-electron chi connectivity index (χ3n) is 3.86. The van der Waals surface area contributed by atoms with E-state index in [2.05, 4.69) is 22.1 Å². The first-order valence-corrected chi connectivity index (χ1v) is 8.21. The summed E-state index contributed by atoms with van der Waals surface area (Å²) in [4.78, 5) is 6.88. The summed E-state index contributed by atoms with van der Waals surface area (Å²) in [6, 6.07) is 2.03. The molecule has 0 spiro atoms. The number of hydrogen-bond acceptors (Lipinski definition) is 4. The Labute approximate surface area is 132 Å². The van der Waals surface area contributed by atoms with Gasteiger partial charge >= 0.3 is 0 Å². The van der Waals surface area contributed by atoms with Crippen LogP contribution in [0.5, 0.6) is 0 Å². The summed E-state index contributed by atoms with van der Waals surface area (Å²) in [7, 11) is 1.77. The second-order valence-electron chi connectivity index (χ2n) is 5.74. The summed E-state index contributed by atoms with van der Waals surface area (Å²) in [6.07, 6.45) is 5.46. The van der Waals surface area contributed by atoms with Crippen LogP contribution in [-0.2, 0) is 11.3 Å². The summed E-state index contributed by atoms with van der Waals surface area (Å²) in [5.74, 6) is 1.49. The van der Waals surface area contributed by atoms with E-state index in [0.29, 0.717) is 5.92 Å². The predicted octanol–water partition coefficient (Wildman–Crippen LogP) is 3.10. The highest BCUT2D eigenvalue weighted by Crippen LogP contribution is 2.28. The molecule has 1 aromatic heterocycles. The predicted molar refractivity (Wildman–Crippen MR) is 88.1 cm³/mol. The number of ether oxygens (including phenoxy) is 1. The lowest BCUT2D eigenvalue weighted by Gasteiger charge is -2.33. The molecule has 0 aromatic carbocycles. The van der Waals surface area contributed by atoms with Crippen molar-refractivity contribution < 1.29 is 4.74 Å². The molecular weight excluding hydrogens is 286 g/mol. The maximum atomic E-state index is 6.44. The van der Waals surface area contributed by atoms with E-state index < -0.39 is 0 Å². The van der Waals surface area contributed by atoms with Gasteiger partial charge in [0.25, 0.3) is 0 Å². The topological polar surface area (TPSA) is 37.4 Å². The minimum atomic E-state index is 0.576. The van der Waals surface area contributed by atoms with Crippen molar-refractivity contribution >= 4 is 17.4 Å². The van der Waals surface area contributed by atoms with Gasteiger partial charge in [0, 0.05) is 32.9 Å². The summed E-state index contributed by atoms with van der Waals surface area (Å²) in [6.45, 7) is 6.83. The van der Waals surface area contributed by atoms with Crippen LogP contribution in [0.3, 0.4) is 0 Å². The van der Waals surface area contributed by atoms with Crippen LogP contribution in [0, 0.1) is 5.92 Å². The van der Waals surface area contributed by atoms with E-state index >= 15 is 0 Å². The Morgan fingerprint density at radius 2 is 2.38 bits per heavy atom. The number of hydrogen-bond donors (Lipinski definition) is 1. The van der Waals surface area contributed by atoms with E-state index in [1.54, 1.807) is 7.11 Å². The number of nitrogens with one attached hydrogen (secondary N) is 1. The number of aromatic nitrogens is 1. The Morgan fingerprint density at radius 3 is 3.10 bits per heavy atom. The molecule has 2 rings (SSSR count). The summed E-state index contributed by atoms with van der Waals surface area (Å²) in [5.41, 5.74) is 1.14. The summed E-state index contributed by atoms with van der Waals surface area (Å²) in [5, 5.41) is 4.13. The van der Waals surface area contributed by atoms with Crippen molar-refractivity contribution in [3.8, 4) is 0 Å². The van der Waals surface area contributed by atoms with Crippen molar-refractivity contribution in [1.29, 1.82) is 0 Å². The zero-order chi connectivity index (χ0) is 15.1. The average molecular weight is 312 g/mol. The minimum Gasteiger partial charge on any atom is -0.384 e. The van der Waals surface area contributed by atoms with Gasteiger partial charge in [-0.15, -0.1) is 0 Å². The van der Waals surface area contributed by atoms with Crippen molar-refractivity contribution in [2.45, 2.75) is 32.7 Å². The molecule has 1 N–H and O–H groups in total. The maximum Gasteiger partial charge on any atom is 0.147 e. The molecule has 1 saturated heterocycles. The molecule has 118 valence electrons. The van der Waals surface area contributed by atoms with E-state index in [0.717, 1.165) is 55.6 Å². The molecule has 2 heterocycles. The standard InChI is InChI=1S/C16H26ClN3O/c1-3-6-18-9-14-8-15(17)16(19-10-14)20-7-4-5-13(11-20)12-21-2/h8,10,13,18H,3-7,9,11-12H2,1-2H3. The third-order valence-corrected chi connectivity index (χ3v) is 4.13. The fourth-order valence-corrected chi connectivity index (χ4v) is 3.15. The summed E-state index contributed by atoms with van der Waals surface area (Å²) >= 11 is 6.44. The van der Waals surface area contributed by atoms with Crippen LogP contribution < -0.4 is 10.2 Å². The van der Waals surface area contributed by atoms with Gasteiger partial charge < -0.3 is 15.0 Å². The largest absolute Gasteiger partial charge is 0.384 e. The molecule has 1 unspecified atom stereocenters. The van der Waals surface area contributed by atoms with Crippen LogP contribution in [-0.4, -0.2) is 38.3 Å². The molecular formula is C16H26ClN3O. The first-order valence-electron chi connectivity index (χ1n) is 7.83. The lowest BCUT2D eigenvalue weighted by atomic mass is 9.99. The van der Waals surface area contributed by atoms with Gasteiger partial charge in [-0.3, -0.25) is 0 Å². The van der Waals surface area contributed by atoms with Crippen molar-refractivity contribution in [2.24, 2.45) is 5.92 Å². The Bertz CT molecular complexity index is 440. The Morgan fingerprint density at radius 1 is 1.52 bits per heavy atom. The number of methoxy groups -OCH3 is 1. The van der Waals surface area contributed by atoms with E-state index in [-0.39, 0.29) is 0 Å². The van der Waals surface area contributed by atoms with E-state index in [1.165, 1.54) is 12.8 Å². The average Bonchev–Trinajstić information content (AvgIpc) is 2.48. The maximum absolute atomic E-state index is 6.44. The quantitative estimate of drug-likeness (QED) is 0.785. The molecule has 1 aliphatic heterocycles. The number of halogens is 1. The number of pyridine rings is 1. The lowest BCUT2D eigenvalue weighted by molar-refractivity contribution is 0.143. The second kappa shape index (κ2) is 8.57. The highest BCUT2D eigenvalue weighted by atomic mass is 35.5. The third kappa shape index (κ3) is 4.83. The molecule has 0 bridgehead atoms. The van der Waals surface area contributed by atoms with Gasteiger partial charge in [0.05, 0.1) is 11.6 Å². The van der Waals surface area contributed by atoms with Gasteiger partial charge in [-0.1, -0.05) is 18.5 Å². The smallest absolute Gasteiger partial charge is 0.147 e. The van der Waals surface area contributed by atoms with Crippen molar-refractivity contribution in [1.82, 2.24) is 10.3 Å². The molecule has 0 amide bonds. The number of anilines is 1. The van der Waals surface area contributed by atoms with Gasteiger partial charge in [-0.25, -0.2) is 4.98 Å². The van der Waals surface area contributed by atoms with Crippen LogP contribution in [0.1, 0.15) is 31.7 Å². The number of rotatable bonds is 7. The minimum absolute atomic E-state index is 0.576. The van der Waals surface area contributed by atoms with Crippen molar-refractivity contribution in [3.05, 3.63) is 22.8 Å². The van der Waals surface area contributed by atoms with Crippen LogP contribution in [0.15, 0.2) is 12.3 Å². The molecule has 1 atom stereocenters. The van der Waals surface area contributed by atoms with Gasteiger partial charge in [0.15, 0.2) is 0 Å². The first-order chi connectivity index (χ1) is 10.2. The fourth-order valence-electron chi connectivity index (χ4n) is 2.84. The number of nitrogens with zero attached hydrogens (tertiary/aromatic N) is 2. The van der Waals surface area contributed by atoms with Crippen molar-refractivity contribution in [3.63, 3.8) is 0 Å². The fraction of sp³-hybridized carbons (Fsp3) is 0.688. The molecule has 1 fully saturated rings. The second-order valence-corrected chi connectivity index (χ2v) is 6.14. The Kier molecular flexibility index (Phi) is 6.74. The van der Waals surface area contributed by atoms with Crippen LogP contribution in [0.2, 0.25) is 5.02 Å². The SMILES string of the molecule is CCCNCc1cnc(N2CCCC(COC)C2)c(Cl)c1. The summed E-state index contributed by atoms with van der Waals surface area (Å²) < 4.78 is 5.28. The van der Waals surface area contributed by atoms with Crippen molar-refractivity contribution in [2.75, 3.05) is 38.3 Å². The molecule has 0 aliphatic carbocycles. The molecule has 4 nitrogen and oxygen atoms in total. The van der Waals surface area contributed by atoms with E-state index in [4.69, 9.17) is 16.3 Å². The molecule has 1 aliphatic rings. The van der Waals surface area contributed by atoms with Crippen LogP contribution >= 0.6 is 11.6 Å². The molecule has 5 heteroatoms. The Hall–Kier alpha value is -0.840. The number of piperidine rings is 1. The van der Waals surface area contributed by atoms with Gasteiger partial charge in [-0.2, -0.15) is 0 Å². The van der Waals surface area contributed by atoms with Crippen LogP contribution in [0.4, 0.5) is 5.82 Å². The molecule has 0 radical (unpaired) electrons. The van der Waals surface area contributed by atoms with E-state index in [1.807, 2.05) is 12.3 Å². The molecule has 1 aromatic rings. The van der Waals surface area contributed by atoms with Crippen LogP contribution in [0.25, 0.3) is 0 Å². The van der Waals surface area contributed by atoms with Gasteiger partial charge in [-0.05, 0) is 43.4 Å². The zero-order valence-corrected chi connectivity index (χ0v) is 13.8. The molecule has 21 heavy (non-hydrogen) atoms.